The molecule has 3 atom stereocenters. The number of amides is 6. The lowest BCUT2D eigenvalue weighted by molar-refractivity contribution is -0.143. The van der Waals surface area contributed by atoms with E-state index < -0.39 is 58.6 Å². The Morgan fingerprint density at radius 3 is 2.29 bits per heavy atom. The molecule has 3 aliphatic rings. The Bertz CT molecular complexity index is 1250. The fourth-order valence-corrected chi connectivity index (χ4v) is 7.19. The predicted molar refractivity (Wildman–Crippen MR) is 170 cm³/mol. The van der Waals surface area contributed by atoms with Gasteiger partial charge in [0.15, 0.2) is 0 Å². The molecule has 4 rings (SSSR count). The summed E-state index contributed by atoms with van der Waals surface area (Å²) < 4.78 is 0. The number of hydrogen-bond donors (Lipinski definition) is 5. The summed E-state index contributed by atoms with van der Waals surface area (Å²) in [6.45, 7) is 6.15. The minimum atomic E-state index is -1.10. The van der Waals surface area contributed by atoms with Crippen LogP contribution in [0.25, 0.3) is 0 Å². The van der Waals surface area contributed by atoms with Gasteiger partial charge in [0.1, 0.15) is 17.6 Å². The number of carbonyl (C=O) groups is 6. The normalized spacial score (nSPS) is 21.1. The molecule has 0 spiro atoms. The molecule has 45 heavy (non-hydrogen) atoms. The van der Waals surface area contributed by atoms with Crippen LogP contribution in [0, 0.1) is 11.3 Å². The number of rotatable bonds is 12. The molecule has 2 saturated carbocycles. The number of nitrogens with one attached hydrogen (secondary N) is 4. The highest BCUT2D eigenvalue weighted by molar-refractivity contribution is 7.09. The standard InChI is InChI=1S/C32H48N6O6S/c1-31(2,3)25(36-30(44)37-32(14-5-4-6-15-32)29(43)34-19-21-12-9-17-45-21)28(42)38-16-8-13-23(38)27(41)35-22(24(39)26(33)40)18-20-10-7-11-20/h9,12,17,20,22-23,25H,4-8,10-11,13-16,18-19H2,1-3H3,(H2,33,40)(H,34,43)(H,35,41)(H2,36,37,44)/t22?,23-,25?/m0/s1. The summed E-state index contributed by atoms with van der Waals surface area (Å²) >= 11 is 1.54. The summed E-state index contributed by atoms with van der Waals surface area (Å²) in [6, 6.07) is 0.347. The highest BCUT2D eigenvalue weighted by atomic mass is 32.1. The molecule has 1 aromatic rings. The van der Waals surface area contributed by atoms with E-state index in [1.807, 2.05) is 38.3 Å². The maximum absolute atomic E-state index is 14.0. The van der Waals surface area contributed by atoms with Crippen LogP contribution in [0.15, 0.2) is 17.5 Å². The lowest BCUT2D eigenvalue weighted by atomic mass is 9.80. The lowest BCUT2D eigenvalue weighted by Crippen LogP contribution is -2.65. The summed E-state index contributed by atoms with van der Waals surface area (Å²) in [5.41, 5.74) is 3.45. The maximum atomic E-state index is 14.0. The van der Waals surface area contributed by atoms with Gasteiger partial charge in [-0.3, -0.25) is 24.0 Å². The molecule has 6 N–H and O–H groups in total. The largest absolute Gasteiger partial charge is 0.363 e. The molecule has 2 heterocycles. The van der Waals surface area contributed by atoms with E-state index in [1.165, 1.54) is 4.90 Å². The summed E-state index contributed by atoms with van der Waals surface area (Å²) in [6.07, 6.45) is 7.70. The van der Waals surface area contributed by atoms with E-state index >= 15 is 0 Å². The molecular formula is C32H48N6O6S. The van der Waals surface area contributed by atoms with Crippen molar-refractivity contribution in [1.82, 2.24) is 26.2 Å². The van der Waals surface area contributed by atoms with Gasteiger partial charge in [-0.25, -0.2) is 4.79 Å². The van der Waals surface area contributed by atoms with Crippen molar-refractivity contribution in [3.05, 3.63) is 22.4 Å². The molecule has 3 fully saturated rings. The summed E-state index contributed by atoms with van der Waals surface area (Å²) in [7, 11) is 0. The number of Topliss-reactive ketones (excluding diaryl/α,β-unsaturated/α-hetero) is 1. The van der Waals surface area contributed by atoms with E-state index in [9.17, 15) is 28.8 Å². The Morgan fingerprint density at radius 1 is 1.00 bits per heavy atom. The van der Waals surface area contributed by atoms with E-state index in [1.54, 1.807) is 11.3 Å². The van der Waals surface area contributed by atoms with Gasteiger partial charge in [0.2, 0.25) is 23.5 Å². The fraction of sp³-hybridized carbons (Fsp3) is 0.688. The van der Waals surface area contributed by atoms with Crippen LogP contribution in [0.1, 0.15) is 96.3 Å². The quantitative estimate of drug-likeness (QED) is 0.218. The van der Waals surface area contributed by atoms with Gasteiger partial charge in [-0.2, -0.15) is 0 Å². The van der Waals surface area contributed by atoms with Gasteiger partial charge in [-0.05, 0) is 54.9 Å². The van der Waals surface area contributed by atoms with Gasteiger partial charge < -0.3 is 31.9 Å². The summed E-state index contributed by atoms with van der Waals surface area (Å²) in [5.74, 6) is -2.89. The molecule has 6 amide bonds. The van der Waals surface area contributed by atoms with Crippen LogP contribution in [-0.2, 0) is 30.5 Å². The molecule has 0 bridgehead atoms. The third-order valence-corrected chi connectivity index (χ3v) is 10.3. The van der Waals surface area contributed by atoms with Gasteiger partial charge >= 0.3 is 6.03 Å². The number of hydrogen-bond acceptors (Lipinski definition) is 7. The van der Waals surface area contributed by atoms with E-state index in [4.69, 9.17) is 5.73 Å². The van der Waals surface area contributed by atoms with E-state index in [2.05, 4.69) is 21.3 Å². The maximum Gasteiger partial charge on any atom is 0.316 e. The molecule has 248 valence electrons. The van der Waals surface area contributed by atoms with Crippen molar-refractivity contribution in [1.29, 1.82) is 0 Å². The Morgan fingerprint density at radius 2 is 1.71 bits per heavy atom. The molecule has 1 aliphatic heterocycles. The number of likely N-dealkylation sites (tertiary alicyclic amines) is 1. The second-order valence-corrected chi connectivity index (χ2v) is 14.8. The first-order valence-electron chi connectivity index (χ1n) is 16.1. The van der Waals surface area contributed by atoms with E-state index in [-0.39, 0.29) is 11.8 Å². The van der Waals surface area contributed by atoms with Gasteiger partial charge in [-0.1, -0.05) is 65.4 Å². The Labute approximate surface area is 269 Å². The first-order valence-corrected chi connectivity index (χ1v) is 17.0. The number of nitrogens with zero attached hydrogens (tertiary/aromatic N) is 1. The fourth-order valence-electron chi connectivity index (χ4n) is 6.55. The molecule has 12 nitrogen and oxygen atoms in total. The summed E-state index contributed by atoms with van der Waals surface area (Å²) in [4.78, 5) is 81.1. The van der Waals surface area contributed by atoms with Gasteiger partial charge in [0, 0.05) is 11.4 Å². The van der Waals surface area contributed by atoms with Crippen molar-refractivity contribution >= 4 is 46.8 Å². The van der Waals surface area contributed by atoms with E-state index in [0.717, 1.165) is 43.4 Å². The Hall–Kier alpha value is -3.48. The monoisotopic (exact) mass is 644 g/mol. The zero-order chi connectivity index (χ0) is 32.8. The zero-order valence-electron chi connectivity index (χ0n) is 26.6. The molecule has 0 aromatic carbocycles. The third kappa shape index (κ3) is 8.62. The van der Waals surface area contributed by atoms with Crippen LogP contribution < -0.4 is 27.0 Å². The lowest BCUT2D eigenvalue weighted by Gasteiger charge is -2.39. The van der Waals surface area contributed by atoms with Gasteiger partial charge in [0.05, 0.1) is 12.6 Å². The van der Waals surface area contributed by atoms with Crippen molar-refractivity contribution in [3.63, 3.8) is 0 Å². The first kappa shape index (κ1) is 34.4. The van der Waals surface area contributed by atoms with Crippen molar-refractivity contribution in [2.75, 3.05) is 6.54 Å². The van der Waals surface area contributed by atoms with Crippen LogP contribution in [-0.4, -0.2) is 70.6 Å². The second kappa shape index (κ2) is 14.7. The first-order chi connectivity index (χ1) is 21.3. The van der Waals surface area contributed by atoms with Crippen LogP contribution in [0.5, 0.6) is 0 Å². The number of thiophene rings is 1. The molecule has 1 saturated heterocycles. The predicted octanol–water partition coefficient (Wildman–Crippen LogP) is 2.50. The van der Waals surface area contributed by atoms with Crippen LogP contribution in [0.3, 0.4) is 0 Å². The van der Waals surface area contributed by atoms with Crippen molar-refractivity contribution in [3.8, 4) is 0 Å². The van der Waals surface area contributed by atoms with Crippen molar-refractivity contribution < 1.29 is 28.8 Å². The number of ketones is 1. The average Bonchev–Trinajstić information content (AvgIpc) is 3.67. The number of primary amides is 1. The molecular weight excluding hydrogens is 596 g/mol. The van der Waals surface area contributed by atoms with Crippen molar-refractivity contribution in [2.24, 2.45) is 17.1 Å². The number of urea groups is 1. The molecule has 13 heteroatoms. The highest BCUT2D eigenvalue weighted by Gasteiger charge is 2.45. The topological polar surface area (TPSA) is 180 Å². The molecule has 1 aromatic heterocycles. The molecule has 2 unspecified atom stereocenters. The van der Waals surface area contributed by atoms with Crippen LogP contribution in [0.4, 0.5) is 4.79 Å². The highest BCUT2D eigenvalue weighted by Crippen LogP contribution is 2.32. The Balaban J connectivity index is 1.44. The average molecular weight is 645 g/mol. The van der Waals surface area contributed by atoms with Gasteiger partial charge in [-0.15, -0.1) is 11.3 Å². The molecule has 2 aliphatic carbocycles. The second-order valence-electron chi connectivity index (χ2n) is 13.8. The zero-order valence-corrected chi connectivity index (χ0v) is 27.4. The minimum absolute atomic E-state index is 0.234. The number of nitrogens with two attached hydrogens (primary N) is 1. The SMILES string of the molecule is CC(C)(C)C(NC(=O)NC1(C(=O)NCc2cccs2)CCCCC1)C(=O)N1CCC[C@H]1C(=O)NC(CC1CCC1)C(=O)C(N)=O. The van der Waals surface area contributed by atoms with Crippen molar-refractivity contribution in [2.45, 2.75) is 122 Å². The third-order valence-electron chi connectivity index (χ3n) is 9.39. The molecule has 0 radical (unpaired) electrons. The smallest absolute Gasteiger partial charge is 0.316 e. The summed E-state index contributed by atoms with van der Waals surface area (Å²) in [5, 5.41) is 13.4. The van der Waals surface area contributed by atoms with Gasteiger partial charge in [0.25, 0.3) is 5.91 Å². The number of carbonyl (C=O) groups excluding carboxylic acids is 6. The minimum Gasteiger partial charge on any atom is -0.363 e. The van der Waals surface area contributed by atoms with Crippen LogP contribution in [0.2, 0.25) is 0 Å². The van der Waals surface area contributed by atoms with Crippen LogP contribution >= 0.6 is 11.3 Å². The van der Waals surface area contributed by atoms with E-state index in [0.29, 0.717) is 45.2 Å². The Kier molecular flexibility index (Phi) is 11.3.